The number of alkyl halides is 3. The molecule has 3 aliphatic rings. The van der Waals surface area contributed by atoms with E-state index >= 15 is 0 Å². The molecule has 1 saturated heterocycles. The first kappa shape index (κ1) is 24.6. The molecule has 2 aliphatic heterocycles. The molecule has 9 heteroatoms. The monoisotopic (exact) mass is 536 g/mol. The van der Waals surface area contributed by atoms with Gasteiger partial charge in [0, 0.05) is 29.3 Å². The number of para-hydroxylation sites is 1. The first-order chi connectivity index (χ1) is 18.3. The number of allylic oxidation sites excluding steroid dienone is 2. The molecule has 1 fully saturated rings. The van der Waals surface area contributed by atoms with Gasteiger partial charge in [0.2, 0.25) is 0 Å². The average Bonchev–Trinajstić information content (AvgIpc) is 3.66. The number of carbonyl (C=O) groups is 1. The van der Waals surface area contributed by atoms with Gasteiger partial charge < -0.3 is 10.2 Å². The van der Waals surface area contributed by atoms with Gasteiger partial charge in [-0.1, -0.05) is 66.2 Å². The number of likely N-dealkylation sites (tertiary alicyclic amines) is 1. The van der Waals surface area contributed by atoms with E-state index < -0.39 is 11.9 Å². The van der Waals surface area contributed by atoms with E-state index in [4.69, 9.17) is 11.6 Å². The summed E-state index contributed by atoms with van der Waals surface area (Å²) in [7, 11) is 0. The molecule has 3 aromatic rings. The van der Waals surface area contributed by atoms with Crippen LogP contribution in [0.5, 0.6) is 0 Å². The second-order valence-corrected chi connectivity index (χ2v) is 10.1. The highest BCUT2D eigenvalue weighted by Gasteiger charge is 2.37. The third kappa shape index (κ3) is 4.43. The van der Waals surface area contributed by atoms with Gasteiger partial charge in [-0.15, -0.1) is 0 Å². The number of nitrogens with one attached hydrogen (secondary N) is 1. The maximum absolute atomic E-state index is 13.5. The van der Waals surface area contributed by atoms with Gasteiger partial charge in [-0.2, -0.15) is 18.3 Å². The number of amides is 1. The smallest absolute Gasteiger partial charge is 0.380 e. The van der Waals surface area contributed by atoms with E-state index in [1.165, 1.54) is 4.68 Å². The predicted octanol–water partition coefficient (Wildman–Crippen LogP) is 6.41. The molecule has 1 N–H and O–H groups in total. The van der Waals surface area contributed by atoms with Gasteiger partial charge in [-0.05, 0) is 43.2 Å². The molecule has 5 nitrogen and oxygen atoms in total. The Morgan fingerprint density at radius 2 is 1.82 bits per heavy atom. The van der Waals surface area contributed by atoms with Crippen molar-refractivity contribution in [1.82, 2.24) is 20.0 Å². The van der Waals surface area contributed by atoms with E-state index in [1.54, 1.807) is 48.5 Å². The molecule has 194 valence electrons. The zero-order valence-corrected chi connectivity index (χ0v) is 21.0. The summed E-state index contributed by atoms with van der Waals surface area (Å²) in [5, 5.41) is 7.64. The lowest BCUT2D eigenvalue weighted by Crippen LogP contribution is -2.40. The van der Waals surface area contributed by atoms with Crippen molar-refractivity contribution in [1.29, 1.82) is 0 Å². The minimum Gasteiger partial charge on any atom is -0.380 e. The fourth-order valence-corrected chi connectivity index (χ4v) is 5.61. The van der Waals surface area contributed by atoms with Crippen LogP contribution in [-0.4, -0.2) is 39.2 Å². The van der Waals surface area contributed by atoms with Crippen molar-refractivity contribution in [3.05, 3.63) is 107 Å². The van der Waals surface area contributed by atoms with Crippen LogP contribution >= 0.6 is 11.6 Å². The van der Waals surface area contributed by atoms with Gasteiger partial charge in [0.25, 0.3) is 5.91 Å². The lowest BCUT2D eigenvalue weighted by atomic mass is 9.98. The van der Waals surface area contributed by atoms with Crippen LogP contribution in [0.15, 0.2) is 90.7 Å². The molecule has 0 spiro atoms. The predicted molar refractivity (Wildman–Crippen MR) is 140 cm³/mol. The van der Waals surface area contributed by atoms with Crippen LogP contribution in [0.3, 0.4) is 0 Å². The Kier molecular flexibility index (Phi) is 6.14. The Balaban J connectivity index is 1.28. The number of carbonyl (C=O) groups excluding carboxylic acids is 1. The SMILES string of the molecule is O=C(c1ccc(-c2cc(C(F)(F)F)nn2-c2ccccc2Cl)cc1)N1CCCC1C1=CC2C=CC=CC2N1. The molecule has 0 bridgehead atoms. The van der Waals surface area contributed by atoms with Crippen LogP contribution in [0.1, 0.15) is 28.9 Å². The number of fused-ring (bicyclic) bond motifs is 1. The molecule has 1 aliphatic carbocycles. The molecular weight excluding hydrogens is 513 g/mol. The quantitative estimate of drug-likeness (QED) is 0.419. The van der Waals surface area contributed by atoms with Crippen molar-refractivity contribution in [2.75, 3.05) is 6.54 Å². The first-order valence-electron chi connectivity index (χ1n) is 12.5. The fraction of sp³-hybridized carbons (Fsp3) is 0.241. The summed E-state index contributed by atoms with van der Waals surface area (Å²) in [5.41, 5.74) is 1.59. The highest BCUT2D eigenvalue weighted by molar-refractivity contribution is 6.32. The highest BCUT2D eigenvalue weighted by Crippen LogP contribution is 2.35. The molecule has 2 aromatic carbocycles. The molecule has 1 aromatic heterocycles. The van der Waals surface area contributed by atoms with E-state index in [2.05, 4.69) is 28.6 Å². The first-order valence-corrected chi connectivity index (χ1v) is 12.8. The number of hydrogen-bond acceptors (Lipinski definition) is 3. The summed E-state index contributed by atoms with van der Waals surface area (Å²) in [6, 6.07) is 14.4. The molecule has 38 heavy (non-hydrogen) atoms. The fourth-order valence-electron chi connectivity index (χ4n) is 5.40. The van der Waals surface area contributed by atoms with Gasteiger partial charge in [-0.25, -0.2) is 4.68 Å². The number of halogens is 4. The lowest BCUT2D eigenvalue weighted by Gasteiger charge is -2.27. The van der Waals surface area contributed by atoms with E-state index in [0.29, 0.717) is 23.4 Å². The van der Waals surface area contributed by atoms with Gasteiger partial charge in [0.05, 0.1) is 28.5 Å². The Morgan fingerprint density at radius 1 is 1.05 bits per heavy atom. The van der Waals surface area contributed by atoms with Crippen LogP contribution in [0.25, 0.3) is 16.9 Å². The molecule has 3 heterocycles. The molecule has 0 saturated carbocycles. The molecule has 3 atom stereocenters. The Bertz CT molecular complexity index is 1470. The Labute approximate surface area is 222 Å². The maximum Gasteiger partial charge on any atom is 0.435 e. The highest BCUT2D eigenvalue weighted by atomic mass is 35.5. The third-order valence-corrected chi connectivity index (χ3v) is 7.58. The number of nitrogens with zero attached hydrogens (tertiary/aromatic N) is 3. The van der Waals surface area contributed by atoms with Crippen molar-refractivity contribution in [2.45, 2.75) is 31.1 Å². The van der Waals surface area contributed by atoms with Crippen molar-refractivity contribution in [2.24, 2.45) is 5.92 Å². The summed E-state index contributed by atoms with van der Waals surface area (Å²) in [6.45, 7) is 0.652. The van der Waals surface area contributed by atoms with Crippen LogP contribution in [0, 0.1) is 5.92 Å². The number of rotatable bonds is 4. The zero-order valence-electron chi connectivity index (χ0n) is 20.2. The maximum atomic E-state index is 13.5. The van der Waals surface area contributed by atoms with Crippen molar-refractivity contribution in [3.63, 3.8) is 0 Å². The number of benzene rings is 2. The van der Waals surface area contributed by atoms with E-state index in [9.17, 15) is 18.0 Å². The zero-order chi connectivity index (χ0) is 26.4. The van der Waals surface area contributed by atoms with Crippen LogP contribution in [-0.2, 0) is 6.18 Å². The van der Waals surface area contributed by atoms with Crippen LogP contribution < -0.4 is 5.32 Å². The number of hydrogen-bond donors (Lipinski definition) is 1. The normalized spacial score (nSPS) is 22.4. The largest absolute Gasteiger partial charge is 0.435 e. The second-order valence-electron chi connectivity index (χ2n) is 9.65. The second kappa shape index (κ2) is 9.51. The minimum atomic E-state index is -4.62. The van der Waals surface area contributed by atoms with Gasteiger partial charge in [0.15, 0.2) is 5.69 Å². The van der Waals surface area contributed by atoms with Crippen LogP contribution in [0.4, 0.5) is 13.2 Å². The minimum absolute atomic E-state index is 0.0226. The third-order valence-electron chi connectivity index (χ3n) is 7.26. The average molecular weight is 537 g/mol. The summed E-state index contributed by atoms with van der Waals surface area (Å²) in [4.78, 5) is 15.4. The summed E-state index contributed by atoms with van der Waals surface area (Å²) >= 11 is 6.28. The standard InChI is InChI=1S/C29H24ClF3N4O/c30-21-7-2-4-9-24(21)37-26(17-27(35-37)29(31,32)33)18-11-13-19(14-12-18)28(38)36-15-5-10-25(36)23-16-20-6-1-3-8-22(20)34-23/h1-4,6-9,11-14,16-17,20,22,25,34H,5,10,15H2. The van der Waals surface area contributed by atoms with E-state index in [1.807, 2.05) is 17.1 Å². The molecule has 0 radical (unpaired) electrons. The van der Waals surface area contributed by atoms with E-state index in [0.717, 1.165) is 24.6 Å². The van der Waals surface area contributed by atoms with Crippen molar-refractivity contribution >= 4 is 17.5 Å². The molecule has 6 rings (SSSR count). The van der Waals surface area contributed by atoms with Gasteiger partial charge in [0.1, 0.15) is 0 Å². The molecule has 3 unspecified atom stereocenters. The Hall–Kier alpha value is -3.78. The van der Waals surface area contributed by atoms with Crippen molar-refractivity contribution in [3.8, 4) is 16.9 Å². The van der Waals surface area contributed by atoms with Crippen molar-refractivity contribution < 1.29 is 18.0 Å². The molecule has 1 amide bonds. The lowest BCUT2D eigenvalue weighted by molar-refractivity contribution is -0.141. The summed E-state index contributed by atoms with van der Waals surface area (Å²) < 4.78 is 41.8. The topological polar surface area (TPSA) is 50.2 Å². The number of aromatic nitrogens is 2. The van der Waals surface area contributed by atoms with E-state index in [-0.39, 0.29) is 34.6 Å². The molecular formula is C29H24ClF3N4O. The van der Waals surface area contributed by atoms with Gasteiger partial charge in [-0.3, -0.25) is 4.79 Å². The van der Waals surface area contributed by atoms with Crippen LogP contribution in [0.2, 0.25) is 5.02 Å². The Morgan fingerprint density at radius 3 is 2.55 bits per heavy atom. The summed E-state index contributed by atoms with van der Waals surface area (Å²) in [5.74, 6) is 0.190. The summed E-state index contributed by atoms with van der Waals surface area (Å²) in [6.07, 6.45) is 7.73. The van der Waals surface area contributed by atoms with Gasteiger partial charge >= 0.3 is 6.18 Å².